The number of carbonyl (C=O) groups excluding carboxylic acids is 1. The first-order valence-electron chi connectivity index (χ1n) is 7.97. The third-order valence-corrected chi connectivity index (χ3v) is 4.75. The van der Waals surface area contributed by atoms with Crippen LogP contribution in [0.3, 0.4) is 0 Å². The molecule has 1 amide bonds. The number of para-hydroxylation sites is 1. The van der Waals surface area contributed by atoms with Crippen LogP contribution >= 0.6 is 0 Å². The number of rotatable bonds is 4. The zero-order valence-electron chi connectivity index (χ0n) is 12.9. The summed E-state index contributed by atoms with van der Waals surface area (Å²) >= 11 is 0. The van der Waals surface area contributed by atoms with Crippen molar-refractivity contribution in [3.8, 4) is 0 Å². The molecule has 2 saturated heterocycles. The molecule has 1 aromatic carbocycles. The molecule has 2 heterocycles. The Hall–Kier alpha value is -1.55. The second-order valence-electron chi connectivity index (χ2n) is 6.49. The lowest BCUT2D eigenvalue weighted by Crippen LogP contribution is -2.49. The van der Waals surface area contributed by atoms with Crippen molar-refractivity contribution in [2.75, 3.05) is 11.9 Å². The molecule has 2 atom stereocenters. The maximum absolute atomic E-state index is 12.1. The fraction of sp³-hybridized carbons (Fsp3) is 0.588. The van der Waals surface area contributed by atoms with Gasteiger partial charge in [0.25, 0.3) is 0 Å². The van der Waals surface area contributed by atoms with Crippen LogP contribution in [0.5, 0.6) is 0 Å². The normalized spacial score (nSPS) is 27.4. The van der Waals surface area contributed by atoms with Gasteiger partial charge in [0, 0.05) is 23.8 Å². The third-order valence-electron chi connectivity index (χ3n) is 4.75. The van der Waals surface area contributed by atoms with E-state index in [1.807, 2.05) is 6.07 Å². The first-order chi connectivity index (χ1) is 10.1. The first-order valence-corrected chi connectivity index (χ1v) is 7.97. The number of carbonyl (C=O) groups is 1. The number of piperidine rings is 1. The van der Waals surface area contributed by atoms with E-state index in [0.717, 1.165) is 18.5 Å². The number of benzene rings is 1. The molecule has 0 aliphatic carbocycles. The molecule has 0 radical (unpaired) electrons. The molecule has 3 N–H and O–H groups in total. The van der Waals surface area contributed by atoms with Crippen molar-refractivity contribution >= 4 is 11.6 Å². The zero-order chi connectivity index (χ0) is 14.8. The van der Waals surface area contributed by atoms with Crippen molar-refractivity contribution in [2.45, 2.75) is 57.7 Å². The lowest BCUT2D eigenvalue weighted by molar-refractivity contribution is -0.120. The quantitative estimate of drug-likeness (QED) is 0.795. The van der Waals surface area contributed by atoms with Gasteiger partial charge in [-0.2, -0.15) is 0 Å². The van der Waals surface area contributed by atoms with Crippen molar-refractivity contribution in [3.63, 3.8) is 0 Å². The van der Waals surface area contributed by atoms with E-state index in [0.29, 0.717) is 24.7 Å². The van der Waals surface area contributed by atoms with E-state index in [1.54, 1.807) is 0 Å². The SMILES string of the molecule is Cc1cccc(C)c1NCC(=O)NC1CC2CCC(C1)N2. The Morgan fingerprint density at radius 3 is 2.43 bits per heavy atom. The molecule has 0 spiro atoms. The second kappa shape index (κ2) is 6.06. The second-order valence-corrected chi connectivity index (χ2v) is 6.49. The van der Waals surface area contributed by atoms with Gasteiger partial charge in [-0.25, -0.2) is 0 Å². The number of hydrogen-bond donors (Lipinski definition) is 3. The third kappa shape index (κ3) is 3.38. The Bertz CT molecular complexity index is 497. The van der Waals surface area contributed by atoms with Gasteiger partial charge in [0.1, 0.15) is 0 Å². The van der Waals surface area contributed by atoms with Gasteiger partial charge in [-0.15, -0.1) is 0 Å². The maximum Gasteiger partial charge on any atom is 0.239 e. The van der Waals surface area contributed by atoms with Gasteiger partial charge >= 0.3 is 0 Å². The lowest BCUT2D eigenvalue weighted by Gasteiger charge is -2.29. The minimum atomic E-state index is 0.101. The Morgan fingerprint density at radius 2 is 1.81 bits per heavy atom. The summed E-state index contributed by atoms with van der Waals surface area (Å²) in [5, 5.41) is 10.1. The summed E-state index contributed by atoms with van der Waals surface area (Å²) in [6.45, 7) is 4.49. The molecule has 4 nitrogen and oxygen atoms in total. The van der Waals surface area contributed by atoms with Gasteiger partial charge < -0.3 is 16.0 Å². The summed E-state index contributed by atoms with van der Waals surface area (Å²) in [6, 6.07) is 7.74. The van der Waals surface area contributed by atoms with Crippen molar-refractivity contribution in [3.05, 3.63) is 29.3 Å². The molecule has 2 aliphatic rings. The van der Waals surface area contributed by atoms with Gasteiger partial charge in [-0.1, -0.05) is 18.2 Å². The monoisotopic (exact) mass is 287 g/mol. The smallest absolute Gasteiger partial charge is 0.239 e. The highest BCUT2D eigenvalue weighted by molar-refractivity contribution is 5.81. The maximum atomic E-state index is 12.1. The average Bonchev–Trinajstić information content (AvgIpc) is 2.77. The van der Waals surface area contributed by atoms with E-state index in [-0.39, 0.29) is 5.91 Å². The molecule has 1 aromatic rings. The van der Waals surface area contributed by atoms with Gasteiger partial charge in [-0.3, -0.25) is 4.79 Å². The number of hydrogen-bond acceptors (Lipinski definition) is 3. The number of nitrogens with one attached hydrogen (secondary N) is 3. The van der Waals surface area contributed by atoms with Crippen molar-refractivity contribution < 1.29 is 4.79 Å². The number of aryl methyl sites for hydroxylation is 2. The van der Waals surface area contributed by atoms with Crippen LogP contribution in [0.2, 0.25) is 0 Å². The predicted octanol–water partition coefficient (Wildman–Crippen LogP) is 2.11. The highest BCUT2D eigenvalue weighted by Gasteiger charge is 2.33. The van der Waals surface area contributed by atoms with Crippen LogP contribution in [-0.2, 0) is 4.79 Å². The molecular formula is C17H25N3O. The molecule has 2 bridgehead atoms. The van der Waals surface area contributed by atoms with E-state index in [9.17, 15) is 4.79 Å². The van der Waals surface area contributed by atoms with Gasteiger partial charge in [0.2, 0.25) is 5.91 Å². The van der Waals surface area contributed by atoms with Crippen LogP contribution in [0.25, 0.3) is 0 Å². The number of anilines is 1. The molecule has 4 heteroatoms. The lowest BCUT2D eigenvalue weighted by atomic mass is 10.00. The molecule has 0 aromatic heterocycles. The first kappa shape index (κ1) is 14.4. The number of amides is 1. The molecule has 2 unspecified atom stereocenters. The standard InChI is InChI=1S/C17H25N3O/c1-11-4-3-5-12(2)17(11)18-10-16(21)20-15-8-13-6-7-14(9-15)19-13/h3-5,13-15,18-19H,6-10H2,1-2H3,(H,20,21). The molecular weight excluding hydrogens is 262 g/mol. The molecule has 3 rings (SSSR count). The minimum absolute atomic E-state index is 0.101. The molecule has 0 saturated carbocycles. The van der Waals surface area contributed by atoms with E-state index < -0.39 is 0 Å². The summed E-state index contributed by atoms with van der Waals surface area (Å²) in [5.41, 5.74) is 3.45. The van der Waals surface area contributed by atoms with Crippen LogP contribution in [-0.4, -0.2) is 30.6 Å². The molecule has 2 fully saturated rings. The van der Waals surface area contributed by atoms with Gasteiger partial charge in [-0.05, 0) is 50.7 Å². The van der Waals surface area contributed by atoms with E-state index in [2.05, 4.69) is 41.9 Å². The van der Waals surface area contributed by atoms with Crippen molar-refractivity contribution in [1.29, 1.82) is 0 Å². The Labute approximate surface area is 126 Å². The minimum Gasteiger partial charge on any atom is -0.376 e. The van der Waals surface area contributed by atoms with E-state index >= 15 is 0 Å². The summed E-state index contributed by atoms with van der Waals surface area (Å²) in [4.78, 5) is 12.1. The largest absolute Gasteiger partial charge is 0.376 e. The van der Waals surface area contributed by atoms with Gasteiger partial charge in [0.15, 0.2) is 0 Å². The summed E-state index contributed by atoms with van der Waals surface area (Å²) < 4.78 is 0. The van der Waals surface area contributed by atoms with Gasteiger partial charge in [0.05, 0.1) is 6.54 Å². The van der Waals surface area contributed by atoms with E-state index in [1.165, 1.54) is 24.0 Å². The number of fused-ring (bicyclic) bond motifs is 2. The van der Waals surface area contributed by atoms with E-state index in [4.69, 9.17) is 0 Å². The summed E-state index contributed by atoms with van der Waals surface area (Å²) in [7, 11) is 0. The predicted molar refractivity (Wildman–Crippen MR) is 85.5 cm³/mol. The molecule has 21 heavy (non-hydrogen) atoms. The van der Waals surface area contributed by atoms with Crippen LogP contribution in [0.4, 0.5) is 5.69 Å². The Morgan fingerprint density at radius 1 is 1.19 bits per heavy atom. The average molecular weight is 287 g/mol. The Kier molecular flexibility index (Phi) is 4.15. The van der Waals surface area contributed by atoms with Crippen molar-refractivity contribution in [1.82, 2.24) is 10.6 Å². The van der Waals surface area contributed by atoms with Crippen LogP contribution in [0.1, 0.15) is 36.8 Å². The fourth-order valence-electron chi connectivity index (χ4n) is 3.72. The highest BCUT2D eigenvalue weighted by atomic mass is 16.2. The molecule has 2 aliphatic heterocycles. The fourth-order valence-corrected chi connectivity index (χ4v) is 3.72. The van der Waals surface area contributed by atoms with Crippen LogP contribution < -0.4 is 16.0 Å². The summed E-state index contributed by atoms with van der Waals surface area (Å²) in [5.74, 6) is 0.101. The van der Waals surface area contributed by atoms with Crippen molar-refractivity contribution in [2.24, 2.45) is 0 Å². The Balaban J connectivity index is 1.50. The zero-order valence-corrected chi connectivity index (χ0v) is 12.9. The van der Waals surface area contributed by atoms with Crippen LogP contribution in [0, 0.1) is 13.8 Å². The van der Waals surface area contributed by atoms with Crippen LogP contribution in [0.15, 0.2) is 18.2 Å². The highest BCUT2D eigenvalue weighted by Crippen LogP contribution is 2.26. The topological polar surface area (TPSA) is 53.2 Å². The molecule has 114 valence electrons. The summed E-state index contributed by atoms with van der Waals surface area (Å²) in [6.07, 6.45) is 4.67.